The maximum absolute atomic E-state index is 13.3. The van der Waals surface area contributed by atoms with Crippen molar-refractivity contribution in [1.82, 2.24) is 0 Å². The molecule has 1 atom stereocenters. The van der Waals surface area contributed by atoms with Crippen molar-refractivity contribution in [3.63, 3.8) is 0 Å². The van der Waals surface area contributed by atoms with E-state index in [1.165, 1.54) is 11.6 Å². The first kappa shape index (κ1) is 13.9. The predicted octanol–water partition coefficient (Wildman–Crippen LogP) is 4.65. The molecule has 0 aromatic heterocycles. The first-order chi connectivity index (χ1) is 8.97. The van der Waals surface area contributed by atoms with Gasteiger partial charge in [0.2, 0.25) is 0 Å². The number of anilines is 2. The number of rotatable bonds is 3. The molecule has 2 aromatic carbocycles. The monoisotopic (exact) mass is 322 g/mol. The zero-order chi connectivity index (χ0) is 14.0. The number of halogens is 2. The molecule has 3 N–H and O–H groups in total. The lowest BCUT2D eigenvalue weighted by Gasteiger charge is -2.18. The van der Waals surface area contributed by atoms with Crippen LogP contribution in [0.1, 0.15) is 24.1 Å². The second kappa shape index (κ2) is 5.61. The van der Waals surface area contributed by atoms with E-state index in [0.29, 0.717) is 10.2 Å². The highest BCUT2D eigenvalue weighted by Gasteiger charge is 2.10. The standard InChI is InChI=1S/C15H16BrFN2/c1-9-3-5-11(6-4-9)10(2)19-15-7-12(16)13(17)8-14(15)18/h3-8,10,19H,18H2,1-2H3. The predicted molar refractivity (Wildman–Crippen MR) is 81.7 cm³/mol. The van der Waals surface area contributed by atoms with Crippen LogP contribution >= 0.6 is 15.9 Å². The maximum Gasteiger partial charge on any atom is 0.139 e. The molecular weight excluding hydrogens is 307 g/mol. The van der Waals surface area contributed by atoms with Gasteiger partial charge in [0, 0.05) is 12.1 Å². The Labute approximate surface area is 121 Å². The Hall–Kier alpha value is -1.55. The molecule has 2 nitrogen and oxygen atoms in total. The third-order valence-corrected chi connectivity index (χ3v) is 3.65. The fraction of sp³-hybridized carbons (Fsp3) is 0.200. The van der Waals surface area contributed by atoms with Gasteiger partial charge < -0.3 is 11.1 Å². The van der Waals surface area contributed by atoms with Gasteiger partial charge in [-0.05, 0) is 41.4 Å². The second-order valence-corrected chi connectivity index (χ2v) is 5.48. The summed E-state index contributed by atoms with van der Waals surface area (Å²) in [6.45, 7) is 4.10. The van der Waals surface area contributed by atoms with Gasteiger partial charge in [-0.3, -0.25) is 0 Å². The van der Waals surface area contributed by atoms with Gasteiger partial charge in [-0.2, -0.15) is 0 Å². The van der Waals surface area contributed by atoms with Crippen LogP contribution in [0.4, 0.5) is 15.8 Å². The van der Waals surface area contributed by atoms with E-state index in [4.69, 9.17) is 5.73 Å². The normalized spacial score (nSPS) is 12.2. The fourth-order valence-electron chi connectivity index (χ4n) is 1.86. The minimum absolute atomic E-state index is 0.0975. The summed E-state index contributed by atoms with van der Waals surface area (Å²) in [5, 5.41) is 3.29. The Morgan fingerprint density at radius 3 is 2.47 bits per heavy atom. The van der Waals surface area contributed by atoms with E-state index in [2.05, 4.69) is 52.4 Å². The molecule has 0 aliphatic carbocycles. The average Bonchev–Trinajstić information content (AvgIpc) is 2.36. The molecule has 100 valence electrons. The Morgan fingerprint density at radius 1 is 1.21 bits per heavy atom. The fourth-order valence-corrected chi connectivity index (χ4v) is 2.20. The van der Waals surface area contributed by atoms with E-state index < -0.39 is 0 Å². The van der Waals surface area contributed by atoms with Crippen molar-refractivity contribution in [2.24, 2.45) is 0 Å². The molecule has 19 heavy (non-hydrogen) atoms. The van der Waals surface area contributed by atoms with Gasteiger partial charge in [-0.15, -0.1) is 0 Å². The van der Waals surface area contributed by atoms with Gasteiger partial charge in [-0.1, -0.05) is 29.8 Å². The Morgan fingerprint density at radius 2 is 1.84 bits per heavy atom. The van der Waals surface area contributed by atoms with E-state index in [0.717, 1.165) is 11.3 Å². The quantitative estimate of drug-likeness (QED) is 0.807. The number of aryl methyl sites for hydroxylation is 1. The summed E-state index contributed by atoms with van der Waals surface area (Å²) in [4.78, 5) is 0. The van der Waals surface area contributed by atoms with Crippen LogP contribution in [0.2, 0.25) is 0 Å². The minimum Gasteiger partial charge on any atom is -0.397 e. The summed E-state index contributed by atoms with van der Waals surface area (Å²) in [6, 6.07) is 11.3. The van der Waals surface area contributed by atoms with Crippen LogP contribution in [-0.4, -0.2) is 0 Å². The number of hydrogen-bond donors (Lipinski definition) is 2. The SMILES string of the molecule is Cc1ccc(C(C)Nc2cc(Br)c(F)cc2N)cc1. The molecule has 0 saturated carbocycles. The number of hydrogen-bond acceptors (Lipinski definition) is 2. The number of nitrogens with one attached hydrogen (secondary N) is 1. The van der Waals surface area contributed by atoms with Gasteiger partial charge in [0.25, 0.3) is 0 Å². The number of nitrogens with two attached hydrogens (primary N) is 1. The third kappa shape index (κ3) is 3.26. The van der Waals surface area contributed by atoms with E-state index in [1.54, 1.807) is 6.07 Å². The molecule has 1 unspecified atom stereocenters. The van der Waals surface area contributed by atoms with Gasteiger partial charge in [0.15, 0.2) is 0 Å². The number of nitrogen functional groups attached to an aromatic ring is 1. The Balaban J connectivity index is 2.21. The number of benzene rings is 2. The molecule has 4 heteroatoms. The van der Waals surface area contributed by atoms with Crippen molar-refractivity contribution in [2.45, 2.75) is 19.9 Å². The van der Waals surface area contributed by atoms with Crippen LogP contribution in [-0.2, 0) is 0 Å². The summed E-state index contributed by atoms with van der Waals surface area (Å²) in [7, 11) is 0. The lowest BCUT2D eigenvalue weighted by atomic mass is 10.1. The van der Waals surface area contributed by atoms with E-state index in [1.807, 2.05) is 6.92 Å². The van der Waals surface area contributed by atoms with Crippen LogP contribution in [0.15, 0.2) is 40.9 Å². The van der Waals surface area contributed by atoms with Crippen molar-refractivity contribution < 1.29 is 4.39 Å². The molecule has 0 bridgehead atoms. The van der Waals surface area contributed by atoms with Gasteiger partial charge in [-0.25, -0.2) is 4.39 Å². The molecule has 2 rings (SSSR count). The van der Waals surface area contributed by atoms with Gasteiger partial charge >= 0.3 is 0 Å². The summed E-state index contributed by atoms with van der Waals surface area (Å²) in [5.74, 6) is -0.356. The topological polar surface area (TPSA) is 38.0 Å². The zero-order valence-corrected chi connectivity index (χ0v) is 12.5. The van der Waals surface area contributed by atoms with E-state index in [9.17, 15) is 4.39 Å². The molecule has 0 saturated heterocycles. The molecular formula is C15H16BrFN2. The minimum atomic E-state index is -0.356. The highest BCUT2D eigenvalue weighted by atomic mass is 79.9. The molecule has 0 spiro atoms. The molecule has 2 aromatic rings. The van der Waals surface area contributed by atoms with Crippen LogP contribution in [0.5, 0.6) is 0 Å². The van der Waals surface area contributed by atoms with Crippen molar-refractivity contribution in [3.05, 3.63) is 57.8 Å². The first-order valence-electron chi connectivity index (χ1n) is 6.05. The molecule has 0 radical (unpaired) electrons. The Kier molecular flexibility index (Phi) is 4.10. The second-order valence-electron chi connectivity index (χ2n) is 4.63. The summed E-state index contributed by atoms with van der Waals surface area (Å²) in [5.41, 5.74) is 9.32. The van der Waals surface area contributed by atoms with Crippen LogP contribution in [0, 0.1) is 12.7 Å². The molecule has 0 heterocycles. The van der Waals surface area contributed by atoms with Gasteiger partial charge in [0.05, 0.1) is 15.8 Å². The summed E-state index contributed by atoms with van der Waals surface area (Å²) < 4.78 is 13.7. The van der Waals surface area contributed by atoms with E-state index >= 15 is 0 Å². The third-order valence-electron chi connectivity index (χ3n) is 3.04. The largest absolute Gasteiger partial charge is 0.397 e. The van der Waals surface area contributed by atoms with Crippen LogP contribution in [0.3, 0.4) is 0 Å². The Bertz CT molecular complexity index is 581. The highest BCUT2D eigenvalue weighted by Crippen LogP contribution is 2.29. The zero-order valence-electron chi connectivity index (χ0n) is 10.9. The molecule has 0 aliphatic rings. The highest BCUT2D eigenvalue weighted by molar-refractivity contribution is 9.10. The molecule has 0 aliphatic heterocycles. The summed E-state index contributed by atoms with van der Waals surface area (Å²) in [6.07, 6.45) is 0. The van der Waals surface area contributed by atoms with E-state index in [-0.39, 0.29) is 11.9 Å². The van der Waals surface area contributed by atoms with Gasteiger partial charge in [0.1, 0.15) is 5.82 Å². The molecule has 0 fully saturated rings. The van der Waals surface area contributed by atoms with Crippen molar-refractivity contribution in [2.75, 3.05) is 11.1 Å². The van der Waals surface area contributed by atoms with Crippen LogP contribution in [0.25, 0.3) is 0 Å². The average molecular weight is 323 g/mol. The smallest absolute Gasteiger partial charge is 0.139 e. The lowest BCUT2D eigenvalue weighted by molar-refractivity contribution is 0.622. The van der Waals surface area contributed by atoms with Crippen molar-refractivity contribution in [1.29, 1.82) is 0 Å². The lowest BCUT2D eigenvalue weighted by Crippen LogP contribution is -2.08. The van der Waals surface area contributed by atoms with Crippen molar-refractivity contribution >= 4 is 27.3 Å². The molecule has 0 amide bonds. The van der Waals surface area contributed by atoms with Crippen LogP contribution < -0.4 is 11.1 Å². The first-order valence-corrected chi connectivity index (χ1v) is 6.84. The summed E-state index contributed by atoms with van der Waals surface area (Å²) >= 11 is 3.17. The maximum atomic E-state index is 13.3. The van der Waals surface area contributed by atoms with Crippen molar-refractivity contribution in [3.8, 4) is 0 Å².